The molecule has 1 aromatic rings. The monoisotopic (exact) mass is 238 g/mol. The van der Waals surface area contributed by atoms with Crippen LogP contribution >= 0.6 is 0 Å². The third-order valence-corrected chi connectivity index (χ3v) is 4.08. The van der Waals surface area contributed by atoms with Crippen molar-refractivity contribution in [1.29, 1.82) is 0 Å². The van der Waals surface area contributed by atoms with E-state index < -0.39 is 11.6 Å². The van der Waals surface area contributed by atoms with Crippen LogP contribution in [0.15, 0.2) is 12.1 Å². The lowest BCUT2D eigenvalue weighted by atomic mass is 10.0. The highest BCUT2D eigenvalue weighted by molar-refractivity contribution is 5.56. The quantitative estimate of drug-likeness (QED) is 0.762. The van der Waals surface area contributed by atoms with Crippen LogP contribution in [0, 0.1) is 23.5 Å². The van der Waals surface area contributed by atoms with Gasteiger partial charge in [-0.1, -0.05) is 6.42 Å². The van der Waals surface area contributed by atoms with E-state index in [1.165, 1.54) is 31.4 Å². The minimum Gasteiger partial charge on any atom is -0.399 e. The first kappa shape index (κ1) is 10.8. The maximum atomic E-state index is 13.8. The van der Waals surface area contributed by atoms with Crippen LogP contribution < -0.4 is 10.6 Å². The number of nitrogen functional groups attached to an aromatic ring is 1. The molecule has 2 aliphatic rings. The van der Waals surface area contributed by atoms with Crippen LogP contribution in [0.5, 0.6) is 0 Å². The Kier molecular flexibility index (Phi) is 2.45. The summed E-state index contributed by atoms with van der Waals surface area (Å²) in [5, 5.41) is 0. The van der Waals surface area contributed by atoms with Gasteiger partial charge in [-0.05, 0) is 36.8 Å². The molecule has 0 aromatic heterocycles. The van der Waals surface area contributed by atoms with Gasteiger partial charge >= 0.3 is 0 Å². The summed E-state index contributed by atoms with van der Waals surface area (Å²) in [5.74, 6) is 0.155. The molecule has 0 radical (unpaired) electrons. The van der Waals surface area contributed by atoms with Crippen molar-refractivity contribution in [2.45, 2.75) is 19.3 Å². The number of nitrogens with two attached hydrogens (primary N) is 1. The molecule has 1 aromatic carbocycles. The average Bonchev–Trinajstić information content (AvgIpc) is 2.75. The largest absolute Gasteiger partial charge is 0.399 e. The van der Waals surface area contributed by atoms with Gasteiger partial charge in [0, 0.05) is 18.8 Å². The third kappa shape index (κ3) is 1.75. The minimum atomic E-state index is -0.539. The molecule has 2 nitrogen and oxygen atoms in total. The molecule has 1 saturated carbocycles. The summed E-state index contributed by atoms with van der Waals surface area (Å²) in [6, 6.07) is 2.40. The minimum absolute atomic E-state index is 0.105. The summed E-state index contributed by atoms with van der Waals surface area (Å²) in [7, 11) is 0. The molecule has 3 rings (SSSR count). The summed E-state index contributed by atoms with van der Waals surface area (Å²) in [6.07, 6.45) is 3.65. The molecule has 1 aliphatic carbocycles. The second-order valence-corrected chi connectivity index (χ2v) is 5.19. The highest BCUT2D eigenvalue weighted by atomic mass is 19.1. The van der Waals surface area contributed by atoms with Crippen LogP contribution in [0.3, 0.4) is 0 Å². The highest BCUT2D eigenvalue weighted by Gasteiger charge is 2.37. The Morgan fingerprint density at radius 1 is 1.06 bits per heavy atom. The standard InChI is InChI=1S/C13H16F2N2/c14-11-4-10(16)5-12(15)13(11)17-6-8-2-1-3-9(8)7-17/h4-5,8-9H,1-3,6-7,16H2. The van der Waals surface area contributed by atoms with E-state index in [4.69, 9.17) is 5.73 Å². The number of nitrogens with zero attached hydrogens (tertiary/aromatic N) is 1. The lowest BCUT2D eigenvalue weighted by molar-refractivity contribution is 0.494. The fourth-order valence-corrected chi connectivity index (χ4v) is 3.30. The molecule has 2 atom stereocenters. The van der Waals surface area contributed by atoms with Crippen LogP contribution in [0.4, 0.5) is 20.2 Å². The number of halogens is 2. The SMILES string of the molecule is Nc1cc(F)c(N2CC3CCCC3C2)c(F)c1. The number of anilines is 2. The maximum absolute atomic E-state index is 13.8. The topological polar surface area (TPSA) is 29.3 Å². The van der Waals surface area contributed by atoms with E-state index in [0.717, 1.165) is 13.1 Å². The van der Waals surface area contributed by atoms with Gasteiger partial charge in [0.2, 0.25) is 0 Å². The lowest BCUT2D eigenvalue weighted by Crippen LogP contribution is -2.23. The Morgan fingerprint density at radius 2 is 1.59 bits per heavy atom. The Hall–Kier alpha value is -1.32. The van der Waals surface area contributed by atoms with Crippen LogP contribution in [0.2, 0.25) is 0 Å². The Bertz CT molecular complexity index is 412. The van der Waals surface area contributed by atoms with E-state index in [9.17, 15) is 8.78 Å². The second-order valence-electron chi connectivity index (χ2n) is 5.19. The summed E-state index contributed by atoms with van der Waals surface area (Å²) in [4.78, 5) is 1.85. The Balaban J connectivity index is 1.90. The van der Waals surface area contributed by atoms with Crippen molar-refractivity contribution >= 4 is 11.4 Å². The number of hydrogen-bond donors (Lipinski definition) is 1. The van der Waals surface area contributed by atoms with Crippen molar-refractivity contribution in [1.82, 2.24) is 0 Å². The molecular formula is C13H16F2N2. The lowest BCUT2D eigenvalue weighted by Gasteiger charge is -2.21. The second kappa shape index (κ2) is 3.86. The van der Waals surface area contributed by atoms with Gasteiger partial charge < -0.3 is 10.6 Å². The zero-order valence-electron chi connectivity index (χ0n) is 9.63. The highest BCUT2D eigenvalue weighted by Crippen LogP contribution is 2.41. The molecule has 4 heteroatoms. The summed E-state index contributed by atoms with van der Waals surface area (Å²) >= 11 is 0. The van der Waals surface area contributed by atoms with Crippen molar-refractivity contribution in [3.63, 3.8) is 0 Å². The smallest absolute Gasteiger partial charge is 0.151 e. The van der Waals surface area contributed by atoms with E-state index in [1.807, 2.05) is 4.90 Å². The Morgan fingerprint density at radius 3 is 2.12 bits per heavy atom. The molecule has 92 valence electrons. The summed E-state index contributed by atoms with van der Waals surface area (Å²) in [5.41, 5.74) is 5.67. The first-order valence-corrected chi connectivity index (χ1v) is 6.14. The molecule has 1 heterocycles. The third-order valence-electron chi connectivity index (χ3n) is 4.08. The molecule has 1 saturated heterocycles. The van der Waals surface area contributed by atoms with Gasteiger partial charge in [-0.2, -0.15) is 0 Å². The molecule has 0 spiro atoms. The number of rotatable bonds is 1. The molecule has 17 heavy (non-hydrogen) atoms. The van der Waals surface area contributed by atoms with Crippen LogP contribution in [-0.2, 0) is 0 Å². The molecule has 1 aliphatic heterocycles. The summed E-state index contributed by atoms with van der Waals surface area (Å²) in [6.45, 7) is 1.56. The van der Waals surface area contributed by atoms with Crippen molar-refractivity contribution in [3.05, 3.63) is 23.8 Å². The number of fused-ring (bicyclic) bond motifs is 1. The molecule has 0 bridgehead atoms. The molecule has 0 amide bonds. The normalized spacial score (nSPS) is 27.5. The van der Waals surface area contributed by atoms with Gasteiger partial charge in [0.25, 0.3) is 0 Å². The molecule has 2 N–H and O–H groups in total. The fourth-order valence-electron chi connectivity index (χ4n) is 3.30. The van der Waals surface area contributed by atoms with Crippen LogP contribution in [0.25, 0.3) is 0 Å². The van der Waals surface area contributed by atoms with E-state index >= 15 is 0 Å². The van der Waals surface area contributed by atoms with E-state index in [1.54, 1.807) is 0 Å². The van der Waals surface area contributed by atoms with Gasteiger partial charge in [-0.15, -0.1) is 0 Å². The molecular weight excluding hydrogens is 222 g/mol. The van der Waals surface area contributed by atoms with Crippen molar-refractivity contribution < 1.29 is 8.78 Å². The van der Waals surface area contributed by atoms with Gasteiger partial charge in [0.1, 0.15) is 5.69 Å². The van der Waals surface area contributed by atoms with Gasteiger partial charge in [-0.25, -0.2) is 8.78 Å². The molecule has 2 unspecified atom stereocenters. The van der Waals surface area contributed by atoms with E-state index in [2.05, 4.69) is 0 Å². The predicted octanol–water partition coefficient (Wildman–Crippen LogP) is 2.78. The van der Waals surface area contributed by atoms with Gasteiger partial charge in [-0.3, -0.25) is 0 Å². The van der Waals surface area contributed by atoms with Crippen molar-refractivity contribution in [2.24, 2.45) is 11.8 Å². The fraction of sp³-hybridized carbons (Fsp3) is 0.538. The Labute approximate surface area is 99.4 Å². The summed E-state index contributed by atoms with van der Waals surface area (Å²) < 4.78 is 27.6. The maximum Gasteiger partial charge on any atom is 0.151 e. The van der Waals surface area contributed by atoms with Gasteiger partial charge in [0.15, 0.2) is 11.6 Å². The van der Waals surface area contributed by atoms with Crippen LogP contribution in [0.1, 0.15) is 19.3 Å². The van der Waals surface area contributed by atoms with Crippen molar-refractivity contribution in [2.75, 3.05) is 23.7 Å². The zero-order chi connectivity index (χ0) is 12.0. The average molecular weight is 238 g/mol. The van der Waals surface area contributed by atoms with E-state index in [-0.39, 0.29) is 11.4 Å². The predicted molar refractivity (Wildman–Crippen MR) is 63.8 cm³/mol. The number of benzene rings is 1. The zero-order valence-corrected chi connectivity index (χ0v) is 9.63. The molecule has 2 fully saturated rings. The van der Waals surface area contributed by atoms with Gasteiger partial charge in [0.05, 0.1) is 0 Å². The van der Waals surface area contributed by atoms with E-state index in [0.29, 0.717) is 11.8 Å². The van der Waals surface area contributed by atoms with Crippen LogP contribution in [-0.4, -0.2) is 13.1 Å². The first-order valence-electron chi connectivity index (χ1n) is 6.14. The van der Waals surface area contributed by atoms with Crippen molar-refractivity contribution in [3.8, 4) is 0 Å². The number of hydrogen-bond acceptors (Lipinski definition) is 2. The first-order chi connectivity index (χ1) is 8.15.